The maximum absolute atomic E-state index is 12.0. The molecule has 0 fully saturated rings. The summed E-state index contributed by atoms with van der Waals surface area (Å²) in [5.41, 5.74) is 4.24. The first-order valence-electron chi connectivity index (χ1n) is 10.5. The number of phenols is 2. The van der Waals surface area contributed by atoms with Gasteiger partial charge in [-0.3, -0.25) is 4.99 Å². The monoisotopic (exact) mass is 423 g/mol. The third-order valence-electron chi connectivity index (χ3n) is 5.92. The SMILES string of the molecule is C=NCC(=C)[C@@H]1CCC(C(=C)C)=C[C@H]1c1c(O)cc(CCCC(=C)C)c(C(=O)O)c1O. The number of benzene rings is 1. The number of carbonyl (C=O) groups is 1. The van der Waals surface area contributed by atoms with E-state index in [1.54, 1.807) is 0 Å². The van der Waals surface area contributed by atoms with Gasteiger partial charge in [-0.15, -0.1) is 6.58 Å². The van der Waals surface area contributed by atoms with Crippen LogP contribution < -0.4 is 0 Å². The molecule has 0 radical (unpaired) electrons. The van der Waals surface area contributed by atoms with Crippen molar-refractivity contribution in [2.45, 2.75) is 51.9 Å². The molecule has 0 saturated carbocycles. The van der Waals surface area contributed by atoms with Crippen LogP contribution in [0.1, 0.15) is 66.9 Å². The van der Waals surface area contributed by atoms with E-state index in [9.17, 15) is 20.1 Å². The van der Waals surface area contributed by atoms with E-state index in [4.69, 9.17) is 0 Å². The number of carboxylic acids is 1. The Bertz CT molecular complexity index is 955. The number of aliphatic imine (C=N–C) groups is 1. The van der Waals surface area contributed by atoms with E-state index >= 15 is 0 Å². The number of aromatic carboxylic acids is 1. The highest BCUT2D eigenvalue weighted by Crippen LogP contribution is 2.48. The van der Waals surface area contributed by atoms with Crippen molar-refractivity contribution in [1.29, 1.82) is 0 Å². The predicted molar refractivity (Wildman–Crippen MR) is 126 cm³/mol. The van der Waals surface area contributed by atoms with E-state index in [1.807, 2.05) is 19.9 Å². The van der Waals surface area contributed by atoms with Gasteiger partial charge in [0.25, 0.3) is 0 Å². The molecule has 166 valence electrons. The molecule has 0 bridgehead atoms. The number of allylic oxidation sites excluding steroid dienone is 4. The first-order chi connectivity index (χ1) is 14.6. The first-order valence-corrected chi connectivity index (χ1v) is 10.5. The molecule has 2 rings (SSSR count). The van der Waals surface area contributed by atoms with E-state index in [-0.39, 0.29) is 28.5 Å². The Balaban J connectivity index is 2.63. The Labute approximate surface area is 184 Å². The van der Waals surface area contributed by atoms with Gasteiger partial charge in [0.05, 0.1) is 6.54 Å². The zero-order chi connectivity index (χ0) is 23.3. The molecule has 2 atom stereocenters. The summed E-state index contributed by atoms with van der Waals surface area (Å²) in [6.07, 6.45) is 5.34. The molecule has 1 aromatic carbocycles. The van der Waals surface area contributed by atoms with Crippen molar-refractivity contribution in [3.63, 3.8) is 0 Å². The van der Waals surface area contributed by atoms with E-state index in [2.05, 4.69) is 31.4 Å². The average Bonchev–Trinajstić information content (AvgIpc) is 2.67. The third-order valence-corrected chi connectivity index (χ3v) is 5.92. The van der Waals surface area contributed by atoms with Gasteiger partial charge in [0.1, 0.15) is 17.1 Å². The molecule has 3 N–H and O–H groups in total. The van der Waals surface area contributed by atoms with Crippen molar-refractivity contribution in [2.75, 3.05) is 6.54 Å². The largest absolute Gasteiger partial charge is 0.507 e. The second-order valence-corrected chi connectivity index (χ2v) is 8.49. The molecule has 0 unspecified atom stereocenters. The highest BCUT2D eigenvalue weighted by Gasteiger charge is 2.34. The van der Waals surface area contributed by atoms with Crippen LogP contribution in [0.15, 0.2) is 59.2 Å². The highest BCUT2D eigenvalue weighted by atomic mass is 16.4. The van der Waals surface area contributed by atoms with Crippen LogP contribution in [0.5, 0.6) is 11.5 Å². The van der Waals surface area contributed by atoms with Gasteiger partial charge >= 0.3 is 5.97 Å². The smallest absolute Gasteiger partial charge is 0.339 e. The minimum atomic E-state index is -1.22. The van der Waals surface area contributed by atoms with Gasteiger partial charge in [-0.2, -0.15) is 0 Å². The van der Waals surface area contributed by atoms with Crippen molar-refractivity contribution in [1.82, 2.24) is 0 Å². The lowest BCUT2D eigenvalue weighted by molar-refractivity contribution is 0.0692. The third kappa shape index (κ3) is 5.54. The highest BCUT2D eigenvalue weighted by molar-refractivity contribution is 5.94. The van der Waals surface area contributed by atoms with Crippen molar-refractivity contribution in [3.05, 3.63) is 70.9 Å². The molecular weight excluding hydrogens is 390 g/mol. The summed E-state index contributed by atoms with van der Waals surface area (Å²) in [6.45, 7) is 19.7. The number of hydrogen-bond donors (Lipinski definition) is 3. The molecule has 1 aromatic rings. The minimum Gasteiger partial charge on any atom is -0.507 e. The van der Waals surface area contributed by atoms with E-state index < -0.39 is 11.9 Å². The normalized spacial score (nSPS) is 18.2. The van der Waals surface area contributed by atoms with Crippen molar-refractivity contribution >= 4 is 12.7 Å². The summed E-state index contributed by atoms with van der Waals surface area (Å²) in [6, 6.07) is 1.48. The van der Waals surface area contributed by atoms with E-state index in [0.717, 1.165) is 41.6 Å². The Morgan fingerprint density at radius 3 is 2.45 bits per heavy atom. The molecule has 1 aliphatic rings. The molecule has 0 amide bonds. The Morgan fingerprint density at radius 2 is 1.90 bits per heavy atom. The van der Waals surface area contributed by atoms with E-state index in [0.29, 0.717) is 24.9 Å². The molecule has 0 saturated heterocycles. The summed E-state index contributed by atoms with van der Waals surface area (Å²) >= 11 is 0. The molecular formula is C26H33NO4. The Kier molecular flexibility index (Phi) is 8.03. The number of aromatic hydroxyl groups is 2. The van der Waals surface area contributed by atoms with E-state index in [1.165, 1.54) is 6.07 Å². The zero-order valence-electron chi connectivity index (χ0n) is 18.6. The van der Waals surface area contributed by atoms with Crippen molar-refractivity contribution < 1.29 is 20.1 Å². The van der Waals surface area contributed by atoms with Crippen LogP contribution in [0.25, 0.3) is 0 Å². The van der Waals surface area contributed by atoms with Gasteiger partial charge in [0.2, 0.25) is 0 Å². The molecule has 0 spiro atoms. The van der Waals surface area contributed by atoms with Gasteiger partial charge in [-0.25, -0.2) is 4.79 Å². The van der Waals surface area contributed by atoms with Gasteiger partial charge in [-0.1, -0.05) is 36.0 Å². The number of hydrogen-bond acceptors (Lipinski definition) is 4. The lowest BCUT2D eigenvalue weighted by Gasteiger charge is -2.33. The second-order valence-electron chi connectivity index (χ2n) is 8.49. The van der Waals surface area contributed by atoms with Crippen LogP contribution in [-0.4, -0.2) is 34.6 Å². The van der Waals surface area contributed by atoms with Gasteiger partial charge in [0.15, 0.2) is 0 Å². The fourth-order valence-corrected chi connectivity index (χ4v) is 4.33. The lowest BCUT2D eigenvalue weighted by atomic mass is 9.71. The van der Waals surface area contributed by atoms with Crippen molar-refractivity contribution in [3.8, 4) is 11.5 Å². The quantitative estimate of drug-likeness (QED) is 0.320. The summed E-state index contributed by atoms with van der Waals surface area (Å²) in [5, 5.41) is 31.8. The molecule has 0 aromatic heterocycles. The number of aryl methyl sites for hydroxylation is 1. The number of phenolic OH excluding ortho intramolecular Hbond substituents is 1. The summed E-state index contributed by atoms with van der Waals surface area (Å²) < 4.78 is 0. The van der Waals surface area contributed by atoms with Gasteiger partial charge < -0.3 is 15.3 Å². The number of carboxylic acid groups (broad SMARTS) is 1. The van der Waals surface area contributed by atoms with Gasteiger partial charge in [-0.05, 0) is 75.8 Å². The maximum Gasteiger partial charge on any atom is 0.339 e. The molecule has 5 heteroatoms. The molecule has 5 nitrogen and oxygen atoms in total. The van der Waals surface area contributed by atoms with Crippen LogP contribution in [0.3, 0.4) is 0 Å². The standard InChI is InChI=1S/C26H33NO4/c1-15(2)8-7-9-19-13-22(28)24(25(29)23(19)26(30)31)21-12-18(16(3)4)10-11-20(21)17(5)14-27-6/h12-13,20-21,28-29H,1,3,5-11,14H2,2,4H3,(H,30,31)/t20-,21+/m0/s1. The van der Waals surface area contributed by atoms with Crippen LogP contribution in [0, 0.1) is 5.92 Å². The van der Waals surface area contributed by atoms with Crippen LogP contribution >= 0.6 is 0 Å². The topological polar surface area (TPSA) is 90.1 Å². The Hall–Kier alpha value is -3.08. The second kappa shape index (κ2) is 10.3. The van der Waals surface area contributed by atoms with Crippen molar-refractivity contribution in [2.24, 2.45) is 10.9 Å². The fourth-order valence-electron chi connectivity index (χ4n) is 4.33. The number of rotatable bonds is 10. The van der Waals surface area contributed by atoms with Crippen LogP contribution in [0.4, 0.5) is 0 Å². The minimum absolute atomic E-state index is 0.110. The zero-order valence-corrected chi connectivity index (χ0v) is 18.6. The first kappa shape index (κ1) is 24.2. The lowest BCUT2D eigenvalue weighted by Crippen LogP contribution is -2.21. The summed E-state index contributed by atoms with van der Waals surface area (Å²) in [4.78, 5) is 16.0. The molecule has 31 heavy (non-hydrogen) atoms. The Morgan fingerprint density at radius 1 is 1.23 bits per heavy atom. The van der Waals surface area contributed by atoms with Crippen LogP contribution in [-0.2, 0) is 6.42 Å². The maximum atomic E-state index is 12.0. The average molecular weight is 424 g/mol. The molecule has 0 heterocycles. The van der Waals surface area contributed by atoms with Crippen LogP contribution in [0.2, 0.25) is 0 Å². The molecule has 1 aliphatic carbocycles. The van der Waals surface area contributed by atoms with Gasteiger partial charge in [0, 0.05) is 11.5 Å². The predicted octanol–water partition coefficient (Wildman–Crippen LogP) is 5.95. The summed E-state index contributed by atoms with van der Waals surface area (Å²) in [5.74, 6) is -2.25. The summed E-state index contributed by atoms with van der Waals surface area (Å²) in [7, 11) is 0. The fraction of sp³-hybridized carbons (Fsp3) is 0.385. The number of nitrogens with zero attached hydrogens (tertiary/aromatic N) is 1. The molecule has 0 aliphatic heterocycles.